The molecule has 0 unspecified atom stereocenters. The number of halogens is 1. The molecule has 0 aliphatic carbocycles. The fourth-order valence-corrected chi connectivity index (χ4v) is 2.78. The smallest absolute Gasteiger partial charge is 0.335 e. The SMILES string of the molecule is O=C(O)c1ccc(-n2nnnc2SCc2cccc(F)c2)cc1. The van der Waals surface area contributed by atoms with Crippen LogP contribution in [0, 0.1) is 5.82 Å². The van der Waals surface area contributed by atoms with Gasteiger partial charge in [-0.2, -0.15) is 4.68 Å². The van der Waals surface area contributed by atoms with Crippen molar-refractivity contribution >= 4 is 17.7 Å². The van der Waals surface area contributed by atoms with Gasteiger partial charge in [0.25, 0.3) is 0 Å². The third-order valence-corrected chi connectivity index (χ3v) is 4.05. The average Bonchev–Trinajstić information content (AvgIpc) is 3.01. The van der Waals surface area contributed by atoms with E-state index in [2.05, 4.69) is 15.5 Å². The summed E-state index contributed by atoms with van der Waals surface area (Å²) in [4.78, 5) is 10.9. The molecular weight excluding hydrogens is 319 g/mol. The van der Waals surface area contributed by atoms with E-state index in [0.717, 1.165) is 5.56 Å². The highest BCUT2D eigenvalue weighted by molar-refractivity contribution is 7.98. The van der Waals surface area contributed by atoms with Crippen LogP contribution in [-0.2, 0) is 5.75 Å². The minimum Gasteiger partial charge on any atom is -0.478 e. The number of nitrogens with zero attached hydrogens (tertiary/aromatic N) is 4. The first-order valence-electron chi connectivity index (χ1n) is 6.63. The van der Waals surface area contributed by atoms with E-state index >= 15 is 0 Å². The van der Waals surface area contributed by atoms with Crippen LogP contribution >= 0.6 is 11.8 Å². The summed E-state index contributed by atoms with van der Waals surface area (Å²) in [5.41, 5.74) is 1.67. The molecule has 6 nitrogen and oxygen atoms in total. The lowest BCUT2D eigenvalue weighted by molar-refractivity contribution is 0.0697. The largest absolute Gasteiger partial charge is 0.478 e. The standard InChI is InChI=1S/C15H11FN4O2S/c16-12-3-1-2-10(8-12)9-23-15-17-18-19-20(15)13-6-4-11(5-7-13)14(21)22/h1-8H,9H2,(H,21,22). The second kappa shape index (κ2) is 6.57. The van der Waals surface area contributed by atoms with E-state index in [4.69, 9.17) is 5.11 Å². The van der Waals surface area contributed by atoms with Crippen molar-refractivity contribution in [3.63, 3.8) is 0 Å². The maximum atomic E-state index is 13.2. The maximum Gasteiger partial charge on any atom is 0.335 e. The Hall–Kier alpha value is -2.74. The molecule has 2 aromatic carbocycles. The van der Waals surface area contributed by atoms with Gasteiger partial charge in [0, 0.05) is 5.75 Å². The van der Waals surface area contributed by atoms with Crippen LogP contribution in [0.4, 0.5) is 4.39 Å². The van der Waals surface area contributed by atoms with Gasteiger partial charge < -0.3 is 5.11 Å². The molecule has 0 saturated heterocycles. The van der Waals surface area contributed by atoms with E-state index in [9.17, 15) is 9.18 Å². The van der Waals surface area contributed by atoms with Gasteiger partial charge in [0.15, 0.2) is 0 Å². The van der Waals surface area contributed by atoms with E-state index in [0.29, 0.717) is 16.6 Å². The Morgan fingerprint density at radius 1 is 1.22 bits per heavy atom. The van der Waals surface area contributed by atoms with Gasteiger partial charge in [0.2, 0.25) is 5.16 Å². The Morgan fingerprint density at radius 2 is 2.00 bits per heavy atom. The number of hydrogen-bond donors (Lipinski definition) is 1. The van der Waals surface area contributed by atoms with E-state index in [-0.39, 0.29) is 11.4 Å². The van der Waals surface area contributed by atoms with Gasteiger partial charge in [-0.25, -0.2) is 9.18 Å². The number of carbonyl (C=O) groups is 1. The van der Waals surface area contributed by atoms with Crippen LogP contribution in [0.2, 0.25) is 0 Å². The number of hydrogen-bond acceptors (Lipinski definition) is 5. The van der Waals surface area contributed by atoms with Crippen LogP contribution in [0.25, 0.3) is 5.69 Å². The maximum absolute atomic E-state index is 13.2. The normalized spacial score (nSPS) is 10.7. The highest BCUT2D eigenvalue weighted by atomic mass is 32.2. The monoisotopic (exact) mass is 330 g/mol. The van der Waals surface area contributed by atoms with Gasteiger partial charge in [-0.1, -0.05) is 23.9 Å². The highest BCUT2D eigenvalue weighted by Crippen LogP contribution is 2.23. The van der Waals surface area contributed by atoms with Crippen LogP contribution < -0.4 is 0 Å². The molecule has 0 fully saturated rings. The molecular formula is C15H11FN4O2S. The molecule has 0 atom stereocenters. The summed E-state index contributed by atoms with van der Waals surface area (Å²) in [6.07, 6.45) is 0. The molecule has 1 aromatic heterocycles. The first-order valence-corrected chi connectivity index (χ1v) is 7.61. The number of carboxylic acid groups (broad SMARTS) is 1. The molecule has 1 N–H and O–H groups in total. The second-order valence-corrected chi connectivity index (χ2v) is 5.59. The molecule has 23 heavy (non-hydrogen) atoms. The van der Waals surface area contributed by atoms with Gasteiger partial charge in [-0.05, 0) is 52.4 Å². The second-order valence-electron chi connectivity index (χ2n) is 4.64. The summed E-state index contributed by atoms with van der Waals surface area (Å²) >= 11 is 1.36. The number of benzene rings is 2. The summed E-state index contributed by atoms with van der Waals surface area (Å²) in [5, 5.41) is 20.9. The van der Waals surface area contributed by atoms with Crippen molar-refractivity contribution < 1.29 is 14.3 Å². The highest BCUT2D eigenvalue weighted by Gasteiger charge is 2.10. The quantitative estimate of drug-likeness (QED) is 0.725. The number of carboxylic acids is 1. The van der Waals surface area contributed by atoms with Crippen LogP contribution in [0.15, 0.2) is 53.7 Å². The summed E-state index contributed by atoms with van der Waals surface area (Å²) in [7, 11) is 0. The minimum absolute atomic E-state index is 0.191. The zero-order chi connectivity index (χ0) is 16.2. The zero-order valence-electron chi connectivity index (χ0n) is 11.8. The van der Waals surface area contributed by atoms with Gasteiger partial charge in [-0.15, -0.1) is 5.10 Å². The van der Waals surface area contributed by atoms with Crippen molar-refractivity contribution in [2.24, 2.45) is 0 Å². The molecule has 0 radical (unpaired) electrons. The van der Waals surface area contributed by atoms with Crippen molar-refractivity contribution in [1.82, 2.24) is 20.2 Å². The fraction of sp³-hybridized carbons (Fsp3) is 0.0667. The third-order valence-electron chi connectivity index (χ3n) is 3.06. The summed E-state index contributed by atoms with van der Waals surface area (Å²) < 4.78 is 14.7. The average molecular weight is 330 g/mol. The van der Waals surface area contributed by atoms with Crippen molar-refractivity contribution in [2.45, 2.75) is 10.9 Å². The molecule has 3 rings (SSSR count). The van der Waals surface area contributed by atoms with Gasteiger partial charge in [0.1, 0.15) is 5.82 Å². The molecule has 8 heteroatoms. The number of thioether (sulfide) groups is 1. The molecule has 1 heterocycles. The fourth-order valence-electron chi connectivity index (χ4n) is 1.95. The summed E-state index contributed by atoms with van der Waals surface area (Å²) in [5.74, 6) is -0.758. The number of tetrazole rings is 1. The predicted molar refractivity (Wildman–Crippen MR) is 82.1 cm³/mol. The van der Waals surface area contributed by atoms with E-state index in [1.54, 1.807) is 18.2 Å². The Kier molecular flexibility index (Phi) is 4.33. The number of rotatable bonds is 5. The Labute approximate surface area is 135 Å². The Balaban J connectivity index is 1.78. The van der Waals surface area contributed by atoms with Crippen LogP contribution in [0.5, 0.6) is 0 Å². The van der Waals surface area contributed by atoms with Crippen molar-refractivity contribution in [3.8, 4) is 5.69 Å². The lowest BCUT2D eigenvalue weighted by atomic mass is 10.2. The summed E-state index contributed by atoms with van der Waals surface area (Å²) in [6.45, 7) is 0. The topological polar surface area (TPSA) is 80.9 Å². The van der Waals surface area contributed by atoms with E-state index in [1.165, 1.54) is 40.7 Å². The number of aromatic carboxylic acids is 1. The van der Waals surface area contributed by atoms with Crippen LogP contribution in [0.3, 0.4) is 0 Å². The molecule has 0 aliphatic heterocycles. The molecule has 0 aliphatic rings. The number of aromatic nitrogens is 4. The first-order chi connectivity index (χ1) is 11.1. The van der Waals surface area contributed by atoms with Crippen LogP contribution in [0.1, 0.15) is 15.9 Å². The third kappa shape index (κ3) is 3.54. The molecule has 0 bridgehead atoms. The Morgan fingerprint density at radius 3 is 2.70 bits per heavy atom. The lowest BCUT2D eigenvalue weighted by Gasteiger charge is -2.05. The Bertz CT molecular complexity index is 836. The van der Waals surface area contributed by atoms with E-state index < -0.39 is 5.97 Å². The molecule has 116 valence electrons. The molecule has 0 spiro atoms. The van der Waals surface area contributed by atoms with Crippen molar-refractivity contribution in [3.05, 3.63) is 65.5 Å². The predicted octanol–water partition coefficient (Wildman–Crippen LogP) is 2.79. The van der Waals surface area contributed by atoms with Gasteiger partial charge in [-0.3, -0.25) is 0 Å². The summed E-state index contributed by atoms with van der Waals surface area (Å²) in [6, 6.07) is 12.6. The van der Waals surface area contributed by atoms with Gasteiger partial charge in [0.05, 0.1) is 11.3 Å². The van der Waals surface area contributed by atoms with Gasteiger partial charge >= 0.3 is 5.97 Å². The zero-order valence-corrected chi connectivity index (χ0v) is 12.6. The van der Waals surface area contributed by atoms with E-state index in [1.807, 2.05) is 6.07 Å². The molecule has 0 saturated carbocycles. The first kappa shape index (κ1) is 15.2. The molecule has 3 aromatic rings. The van der Waals surface area contributed by atoms with Crippen LogP contribution in [-0.4, -0.2) is 31.3 Å². The lowest BCUT2D eigenvalue weighted by Crippen LogP contribution is -2.01. The van der Waals surface area contributed by atoms with Crippen molar-refractivity contribution in [2.75, 3.05) is 0 Å². The molecule has 0 amide bonds. The minimum atomic E-state index is -0.992. The van der Waals surface area contributed by atoms with Crippen molar-refractivity contribution in [1.29, 1.82) is 0 Å².